The number of nitrogens with zero attached hydrogens (tertiary/aromatic N) is 2. The van der Waals surface area contributed by atoms with Gasteiger partial charge in [-0.3, -0.25) is 4.79 Å². The topological polar surface area (TPSA) is 56.0 Å². The van der Waals surface area contributed by atoms with Crippen molar-refractivity contribution >= 4 is 16.6 Å². The number of fused-ring (bicyclic) bond motifs is 1. The van der Waals surface area contributed by atoms with Crippen molar-refractivity contribution in [2.24, 2.45) is 0 Å². The highest BCUT2D eigenvalue weighted by Gasteiger charge is 2.15. The molecule has 0 N–H and O–H groups in total. The lowest BCUT2D eigenvalue weighted by molar-refractivity contribution is 0.0972. The van der Waals surface area contributed by atoms with Crippen molar-refractivity contribution in [2.75, 3.05) is 0 Å². The monoisotopic (exact) mass is 256 g/mol. The highest BCUT2D eigenvalue weighted by atomic mass is 19.1. The summed E-state index contributed by atoms with van der Waals surface area (Å²) in [6.07, 6.45) is 0. The van der Waals surface area contributed by atoms with Crippen molar-refractivity contribution in [1.82, 2.24) is 10.1 Å². The minimum atomic E-state index is -0.311. The molecule has 0 radical (unpaired) electrons. The molecule has 0 unspecified atom stereocenters. The molecule has 3 rings (SSSR count). The Morgan fingerprint density at radius 3 is 2.58 bits per heavy atom. The van der Waals surface area contributed by atoms with Gasteiger partial charge in [0.2, 0.25) is 11.6 Å². The van der Waals surface area contributed by atoms with Crippen molar-refractivity contribution in [1.29, 1.82) is 0 Å². The molecule has 4 nitrogen and oxygen atoms in total. The van der Waals surface area contributed by atoms with Gasteiger partial charge >= 0.3 is 0 Å². The minimum absolute atomic E-state index is 0.0524. The van der Waals surface area contributed by atoms with E-state index in [9.17, 15) is 9.18 Å². The van der Waals surface area contributed by atoms with Gasteiger partial charge in [0.25, 0.3) is 5.89 Å². The van der Waals surface area contributed by atoms with Crippen LogP contribution < -0.4 is 0 Å². The summed E-state index contributed by atoms with van der Waals surface area (Å²) >= 11 is 0. The van der Waals surface area contributed by atoms with E-state index < -0.39 is 0 Å². The van der Waals surface area contributed by atoms with Gasteiger partial charge < -0.3 is 4.52 Å². The van der Waals surface area contributed by atoms with E-state index in [4.69, 9.17) is 4.52 Å². The summed E-state index contributed by atoms with van der Waals surface area (Å²) in [5.74, 6) is -0.385. The van der Waals surface area contributed by atoms with Crippen LogP contribution in [0.4, 0.5) is 4.39 Å². The number of Topliss-reactive ketones (excluding diaryl/α,β-unsaturated/α-hetero) is 1. The summed E-state index contributed by atoms with van der Waals surface area (Å²) < 4.78 is 18.6. The molecule has 3 aromatic rings. The zero-order chi connectivity index (χ0) is 13.4. The van der Waals surface area contributed by atoms with E-state index in [1.807, 2.05) is 0 Å². The number of aromatic nitrogens is 2. The van der Waals surface area contributed by atoms with E-state index in [1.54, 1.807) is 30.3 Å². The summed E-state index contributed by atoms with van der Waals surface area (Å²) in [6, 6.07) is 9.94. The average Bonchev–Trinajstić information content (AvgIpc) is 2.89. The predicted octanol–water partition coefficient (Wildman–Crippen LogP) is 3.23. The van der Waals surface area contributed by atoms with Gasteiger partial charge in [-0.2, -0.15) is 4.98 Å². The van der Waals surface area contributed by atoms with E-state index in [0.29, 0.717) is 16.3 Å². The fourth-order valence-corrected chi connectivity index (χ4v) is 1.93. The van der Waals surface area contributed by atoms with Gasteiger partial charge in [-0.15, -0.1) is 0 Å². The maximum Gasteiger partial charge on any atom is 0.294 e. The van der Waals surface area contributed by atoms with Gasteiger partial charge in [0, 0.05) is 17.9 Å². The molecule has 0 fully saturated rings. The van der Waals surface area contributed by atoms with Crippen molar-refractivity contribution in [2.45, 2.75) is 6.92 Å². The van der Waals surface area contributed by atoms with Crippen LogP contribution in [0.25, 0.3) is 22.2 Å². The summed E-state index contributed by atoms with van der Waals surface area (Å²) in [6.45, 7) is 1.35. The van der Waals surface area contributed by atoms with Gasteiger partial charge in [0.1, 0.15) is 5.82 Å². The molecular weight excluding hydrogens is 247 g/mol. The van der Waals surface area contributed by atoms with Crippen molar-refractivity contribution < 1.29 is 13.7 Å². The maximum atomic E-state index is 13.7. The average molecular weight is 256 g/mol. The van der Waals surface area contributed by atoms with E-state index in [2.05, 4.69) is 10.1 Å². The number of ketones is 1. The number of halogens is 1. The van der Waals surface area contributed by atoms with Crippen molar-refractivity contribution in [3.63, 3.8) is 0 Å². The van der Waals surface area contributed by atoms with Crippen LogP contribution in [0.5, 0.6) is 0 Å². The molecule has 1 heterocycles. The van der Waals surface area contributed by atoms with Crippen LogP contribution in [0.1, 0.15) is 17.6 Å². The quantitative estimate of drug-likeness (QED) is 0.660. The number of benzene rings is 2. The lowest BCUT2D eigenvalue weighted by atomic mass is 10.0. The summed E-state index contributed by atoms with van der Waals surface area (Å²) in [4.78, 5) is 15.2. The highest BCUT2D eigenvalue weighted by molar-refractivity contribution is 5.96. The standard InChI is InChI=1S/C14H9FN2O2/c1-8(18)14-16-13(17-19-14)11-6-7-12(15)10-5-3-2-4-9(10)11/h2-7H,1H3. The molecule has 2 aromatic carbocycles. The van der Waals surface area contributed by atoms with E-state index in [1.165, 1.54) is 13.0 Å². The SMILES string of the molecule is CC(=O)c1nc(-c2ccc(F)c3ccccc23)no1. The van der Waals surface area contributed by atoms with Gasteiger partial charge in [-0.1, -0.05) is 29.4 Å². The largest absolute Gasteiger partial charge is 0.330 e. The van der Waals surface area contributed by atoms with Gasteiger partial charge in [-0.05, 0) is 17.5 Å². The van der Waals surface area contributed by atoms with Crippen LogP contribution in [-0.2, 0) is 0 Å². The first-order valence-corrected chi connectivity index (χ1v) is 5.69. The second-order valence-corrected chi connectivity index (χ2v) is 4.12. The van der Waals surface area contributed by atoms with Crippen LogP contribution in [0.3, 0.4) is 0 Å². The molecule has 1 aromatic heterocycles. The summed E-state index contributed by atoms with van der Waals surface area (Å²) in [7, 11) is 0. The number of rotatable bonds is 2. The Hall–Kier alpha value is -2.56. The fourth-order valence-electron chi connectivity index (χ4n) is 1.93. The second-order valence-electron chi connectivity index (χ2n) is 4.12. The van der Waals surface area contributed by atoms with Crippen molar-refractivity contribution in [3.05, 3.63) is 48.1 Å². The fraction of sp³-hybridized carbons (Fsp3) is 0.0714. The Morgan fingerprint density at radius 2 is 1.89 bits per heavy atom. The number of hydrogen-bond donors (Lipinski definition) is 0. The molecular formula is C14H9FN2O2. The van der Waals surface area contributed by atoms with Gasteiger partial charge in [-0.25, -0.2) is 4.39 Å². The smallest absolute Gasteiger partial charge is 0.294 e. The molecule has 0 atom stereocenters. The second kappa shape index (κ2) is 4.28. The molecule has 0 saturated carbocycles. The highest BCUT2D eigenvalue weighted by Crippen LogP contribution is 2.28. The molecule has 0 aliphatic carbocycles. The predicted molar refractivity (Wildman–Crippen MR) is 67.2 cm³/mol. The molecule has 94 valence electrons. The maximum absolute atomic E-state index is 13.7. The first-order valence-electron chi connectivity index (χ1n) is 5.69. The lowest BCUT2D eigenvalue weighted by Gasteiger charge is -2.03. The Morgan fingerprint density at radius 1 is 1.16 bits per heavy atom. The lowest BCUT2D eigenvalue weighted by Crippen LogP contribution is -1.92. The Bertz CT molecular complexity index is 780. The van der Waals surface area contributed by atoms with Crippen molar-refractivity contribution in [3.8, 4) is 11.4 Å². The Labute approximate surface area is 107 Å². The van der Waals surface area contributed by atoms with E-state index in [0.717, 1.165) is 0 Å². The van der Waals surface area contributed by atoms with Crippen LogP contribution in [0, 0.1) is 5.82 Å². The Kier molecular flexibility index (Phi) is 2.59. The molecule has 0 saturated heterocycles. The van der Waals surface area contributed by atoms with Crippen LogP contribution in [0.2, 0.25) is 0 Å². The number of hydrogen-bond acceptors (Lipinski definition) is 4. The van der Waals surface area contributed by atoms with Crippen LogP contribution >= 0.6 is 0 Å². The van der Waals surface area contributed by atoms with Gasteiger partial charge in [0.05, 0.1) is 0 Å². The summed E-state index contributed by atoms with van der Waals surface area (Å²) in [5, 5.41) is 4.92. The minimum Gasteiger partial charge on any atom is -0.330 e. The van der Waals surface area contributed by atoms with E-state index in [-0.39, 0.29) is 23.3 Å². The molecule has 0 spiro atoms. The molecule has 0 aliphatic rings. The molecule has 19 heavy (non-hydrogen) atoms. The number of carbonyl (C=O) groups is 1. The molecule has 0 aliphatic heterocycles. The van der Waals surface area contributed by atoms with Gasteiger partial charge in [0.15, 0.2) is 0 Å². The molecule has 0 bridgehead atoms. The zero-order valence-corrected chi connectivity index (χ0v) is 10.1. The first-order chi connectivity index (χ1) is 9.16. The first kappa shape index (κ1) is 11.5. The summed E-state index contributed by atoms with van der Waals surface area (Å²) in [5.41, 5.74) is 0.633. The molecule has 5 heteroatoms. The Balaban J connectivity index is 2.24. The van der Waals surface area contributed by atoms with Crippen LogP contribution in [0.15, 0.2) is 40.9 Å². The molecule has 0 amide bonds. The van der Waals surface area contributed by atoms with Crippen LogP contribution in [-0.4, -0.2) is 15.9 Å². The third-order valence-electron chi connectivity index (χ3n) is 2.84. The van der Waals surface area contributed by atoms with E-state index >= 15 is 0 Å². The third kappa shape index (κ3) is 1.89. The zero-order valence-electron chi connectivity index (χ0n) is 10.1. The third-order valence-corrected chi connectivity index (χ3v) is 2.84. The normalized spacial score (nSPS) is 10.8. The number of carbonyl (C=O) groups excluding carboxylic acids is 1.